The van der Waals surface area contributed by atoms with Gasteiger partial charge in [-0.2, -0.15) is 0 Å². The maximum Gasteiger partial charge on any atom is 0.119 e. The van der Waals surface area contributed by atoms with Crippen LogP contribution in [0.15, 0.2) is 23.1 Å². The molecule has 1 aromatic rings. The molecule has 1 aliphatic rings. The summed E-state index contributed by atoms with van der Waals surface area (Å²) in [5.74, 6) is 2.05. The fourth-order valence-corrected chi connectivity index (χ4v) is 2.79. The summed E-state index contributed by atoms with van der Waals surface area (Å²) < 4.78 is 10.7. The zero-order valence-corrected chi connectivity index (χ0v) is 9.26. The second-order valence-corrected chi connectivity index (χ2v) is 4.40. The highest BCUT2D eigenvalue weighted by Gasteiger charge is 2.20. The van der Waals surface area contributed by atoms with Crippen LogP contribution in [-0.2, 0) is 4.74 Å². The summed E-state index contributed by atoms with van der Waals surface area (Å²) in [6.45, 7) is 0. The normalized spacial score (nSPS) is 20.3. The maximum atomic E-state index is 5.45. The van der Waals surface area contributed by atoms with Gasteiger partial charge in [-0.15, -0.1) is 11.8 Å². The lowest BCUT2D eigenvalue weighted by Gasteiger charge is -2.24. The van der Waals surface area contributed by atoms with Crippen molar-refractivity contribution in [2.75, 3.05) is 20.0 Å². The van der Waals surface area contributed by atoms with Gasteiger partial charge in [-0.05, 0) is 30.2 Å². The quantitative estimate of drug-likeness (QED) is 0.747. The Kier molecular flexibility index (Phi) is 2.99. The zero-order chi connectivity index (χ0) is 9.97. The number of fused-ring (bicyclic) bond motifs is 1. The number of hydrogen-bond acceptors (Lipinski definition) is 3. The van der Waals surface area contributed by atoms with Gasteiger partial charge in [0.25, 0.3) is 0 Å². The van der Waals surface area contributed by atoms with Gasteiger partial charge in [-0.1, -0.05) is 0 Å². The van der Waals surface area contributed by atoms with Gasteiger partial charge in [0.1, 0.15) is 5.75 Å². The van der Waals surface area contributed by atoms with Crippen molar-refractivity contribution in [2.24, 2.45) is 0 Å². The van der Waals surface area contributed by atoms with Crippen molar-refractivity contribution in [2.45, 2.75) is 17.4 Å². The van der Waals surface area contributed by atoms with Gasteiger partial charge in [-0.25, -0.2) is 0 Å². The lowest BCUT2D eigenvalue weighted by Crippen LogP contribution is -2.09. The Morgan fingerprint density at radius 1 is 1.36 bits per heavy atom. The summed E-state index contributed by atoms with van der Waals surface area (Å²) in [7, 11) is 3.46. The van der Waals surface area contributed by atoms with Crippen LogP contribution in [0, 0.1) is 0 Å². The molecule has 1 heterocycles. The van der Waals surface area contributed by atoms with Gasteiger partial charge >= 0.3 is 0 Å². The molecule has 0 amide bonds. The third-order valence-corrected chi connectivity index (χ3v) is 3.61. The molecule has 0 fully saturated rings. The summed E-state index contributed by atoms with van der Waals surface area (Å²) in [5.41, 5.74) is 1.27. The molecule has 2 rings (SSSR count). The van der Waals surface area contributed by atoms with Crippen LogP contribution < -0.4 is 4.74 Å². The van der Waals surface area contributed by atoms with Gasteiger partial charge in [0, 0.05) is 17.8 Å². The zero-order valence-electron chi connectivity index (χ0n) is 8.45. The summed E-state index contributed by atoms with van der Waals surface area (Å²) in [5, 5.41) is 0. The monoisotopic (exact) mass is 210 g/mol. The summed E-state index contributed by atoms with van der Waals surface area (Å²) in [4.78, 5) is 1.32. The van der Waals surface area contributed by atoms with Gasteiger partial charge in [0.15, 0.2) is 0 Å². The van der Waals surface area contributed by atoms with E-state index in [2.05, 4.69) is 12.1 Å². The number of ether oxygens (including phenoxy) is 2. The molecule has 1 aliphatic heterocycles. The Balaban J connectivity index is 2.38. The first-order valence-electron chi connectivity index (χ1n) is 4.68. The molecule has 1 aromatic carbocycles. The molecular formula is C11H14O2S. The molecule has 14 heavy (non-hydrogen) atoms. The van der Waals surface area contributed by atoms with Crippen molar-refractivity contribution in [1.82, 2.24) is 0 Å². The van der Waals surface area contributed by atoms with Crippen LogP contribution in [0.2, 0.25) is 0 Å². The number of benzene rings is 1. The first-order valence-corrected chi connectivity index (χ1v) is 5.67. The van der Waals surface area contributed by atoms with Gasteiger partial charge in [0.2, 0.25) is 0 Å². The summed E-state index contributed by atoms with van der Waals surface area (Å²) in [6.07, 6.45) is 1.32. The third-order valence-electron chi connectivity index (χ3n) is 2.49. The molecule has 2 nitrogen and oxygen atoms in total. The maximum absolute atomic E-state index is 5.45. The van der Waals surface area contributed by atoms with Crippen molar-refractivity contribution in [3.63, 3.8) is 0 Å². The van der Waals surface area contributed by atoms with E-state index < -0.39 is 0 Å². The highest BCUT2D eigenvalue weighted by molar-refractivity contribution is 7.99. The SMILES string of the molecule is COc1ccc2c(c1)C(OC)CCS2. The van der Waals surface area contributed by atoms with Crippen molar-refractivity contribution in [3.8, 4) is 5.75 Å². The second-order valence-electron chi connectivity index (χ2n) is 3.27. The summed E-state index contributed by atoms with van der Waals surface area (Å²) in [6, 6.07) is 6.20. The summed E-state index contributed by atoms with van der Waals surface area (Å²) >= 11 is 1.89. The molecular weight excluding hydrogens is 196 g/mol. The van der Waals surface area contributed by atoms with E-state index in [0.717, 1.165) is 17.9 Å². The largest absolute Gasteiger partial charge is 0.497 e. The predicted octanol–water partition coefficient (Wildman–Crippen LogP) is 2.88. The van der Waals surface area contributed by atoms with E-state index >= 15 is 0 Å². The number of rotatable bonds is 2. The molecule has 3 heteroatoms. The molecule has 0 radical (unpaired) electrons. The Morgan fingerprint density at radius 2 is 2.21 bits per heavy atom. The smallest absolute Gasteiger partial charge is 0.119 e. The molecule has 0 saturated heterocycles. The average molecular weight is 210 g/mol. The first-order chi connectivity index (χ1) is 6.85. The Hall–Kier alpha value is -0.670. The number of hydrogen-bond donors (Lipinski definition) is 0. The van der Waals surface area contributed by atoms with Crippen LogP contribution in [0.25, 0.3) is 0 Å². The molecule has 0 saturated carbocycles. The molecule has 0 spiro atoms. The lowest BCUT2D eigenvalue weighted by molar-refractivity contribution is 0.0972. The molecule has 76 valence electrons. The van der Waals surface area contributed by atoms with Crippen LogP contribution in [0.4, 0.5) is 0 Å². The minimum absolute atomic E-state index is 0.237. The van der Waals surface area contributed by atoms with Crippen LogP contribution in [0.1, 0.15) is 18.1 Å². The predicted molar refractivity (Wildman–Crippen MR) is 58.1 cm³/mol. The first kappa shape index (κ1) is 9.87. The topological polar surface area (TPSA) is 18.5 Å². The van der Waals surface area contributed by atoms with Crippen LogP contribution >= 0.6 is 11.8 Å². The van der Waals surface area contributed by atoms with Crippen molar-refractivity contribution in [3.05, 3.63) is 23.8 Å². The van der Waals surface area contributed by atoms with Crippen LogP contribution in [0.3, 0.4) is 0 Å². The molecule has 1 atom stereocenters. The molecule has 0 aromatic heterocycles. The average Bonchev–Trinajstić information content (AvgIpc) is 2.27. The standard InChI is InChI=1S/C11H14O2S/c1-12-8-3-4-11-9(7-8)10(13-2)5-6-14-11/h3-4,7,10H,5-6H2,1-2H3. The number of methoxy groups -OCH3 is 2. The van der Waals surface area contributed by atoms with Gasteiger partial charge in [0.05, 0.1) is 13.2 Å². The minimum Gasteiger partial charge on any atom is -0.497 e. The van der Waals surface area contributed by atoms with Crippen LogP contribution in [-0.4, -0.2) is 20.0 Å². The van der Waals surface area contributed by atoms with Crippen molar-refractivity contribution >= 4 is 11.8 Å². The third kappa shape index (κ3) is 1.74. The van der Waals surface area contributed by atoms with Gasteiger partial charge in [-0.3, -0.25) is 0 Å². The van der Waals surface area contributed by atoms with E-state index in [1.165, 1.54) is 10.5 Å². The Bertz CT molecular complexity index is 325. The molecule has 1 unspecified atom stereocenters. The van der Waals surface area contributed by atoms with E-state index in [1.807, 2.05) is 17.8 Å². The molecule has 0 N–H and O–H groups in total. The Morgan fingerprint density at radius 3 is 2.93 bits per heavy atom. The van der Waals surface area contributed by atoms with Gasteiger partial charge < -0.3 is 9.47 Å². The van der Waals surface area contributed by atoms with E-state index in [-0.39, 0.29) is 6.10 Å². The van der Waals surface area contributed by atoms with E-state index in [9.17, 15) is 0 Å². The lowest BCUT2D eigenvalue weighted by atomic mass is 10.1. The highest BCUT2D eigenvalue weighted by atomic mass is 32.2. The number of thioether (sulfide) groups is 1. The Labute approximate surface area is 88.6 Å². The molecule has 0 bridgehead atoms. The van der Waals surface area contributed by atoms with E-state index in [4.69, 9.17) is 9.47 Å². The minimum atomic E-state index is 0.237. The second kappa shape index (κ2) is 4.24. The fourth-order valence-electron chi connectivity index (χ4n) is 1.71. The van der Waals surface area contributed by atoms with Crippen molar-refractivity contribution < 1.29 is 9.47 Å². The van der Waals surface area contributed by atoms with E-state index in [1.54, 1.807) is 14.2 Å². The highest BCUT2D eigenvalue weighted by Crippen LogP contribution is 2.39. The van der Waals surface area contributed by atoms with E-state index in [0.29, 0.717) is 0 Å². The van der Waals surface area contributed by atoms with Crippen LogP contribution in [0.5, 0.6) is 5.75 Å². The molecule has 0 aliphatic carbocycles. The fraction of sp³-hybridized carbons (Fsp3) is 0.455. The van der Waals surface area contributed by atoms with Crippen molar-refractivity contribution in [1.29, 1.82) is 0 Å².